The molecule has 1 atom stereocenters. The van der Waals surface area contributed by atoms with Crippen molar-refractivity contribution in [2.45, 2.75) is 25.9 Å². The number of nitrogens with one attached hydrogen (secondary N) is 1. The number of non-ortho nitro benzene ring substituents is 1. The minimum Gasteiger partial charge on any atom is -0.304 e. The number of hydrogen-bond donors (Lipinski definition) is 1. The van der Waals surface area contributed by atoms with Crippen molar-refractivity contribution >= 4 is 5.69 Å². The zero-order valence-corrected chi connectivity index (χ0v) is 11.6. The normalized spacial score (nSPS) is 12.3. The average Bonchev–Trinajstić information content (AvgIpc) is 2.85. The van der Waals surface area contributed by atoms with Crippen LogP contribution in [0.25, 0.3) is 0 Å². The first-order valence-corrected chi connectivity index (χ1v) is 6.56. The number of nitro benzene ring substituents is 1. The molecule has 0 bridgehead atoms. The second-order valence-corrected chi connectivity index (χ2v) is 4.67. The summed E-state index contributed by atoms with van der Waals surface area (Å²) in [5.41, 5.74) is 2.01. The van der Waals surface area contributed by atoms with Gasteiger partial charge in [-0.2, -0.15) is 5.10 Å². The Morgan fingerprint density at radius 1 is 1.45 bits per heavy atom. The highest BCUT2D eigenvalue weighted by molar-refractivity contribution is 5.35. The van der Waals surface area contributed by atoms with E-state index in [1.165, 1.54) is 6.07 Å². The molecule has 6 heteroatoms. The maximum atomic E-state index is 10.8. The van der Waals surface area contributed by atoms with Crippen molar-refractivity contribution in [3.63, 3.8) is 0 Å². The Labute approximate surface area is 117 Å². The van der Waals surface area contributed by atoms with Crippen LogP contribution >= 0.6 is 0 Å². The number of aryl methyl sites for hydroxylation is 1. The van der Waals surface area contributed by atoms with E-state index in [2.05, 4.69) is 17.3 Å². The largest absolute Gasteiger partial charge is 0.304 e. The van der Waals surface area contributed by atoms with Gasteiger partial charge in [0.2, 0.25) is 0 Å². The Hall–Kier alpha value is -2.21. The first-order valence-electron chi connectivity index (χ1n) is 6.56. The van der Waals surface area contributed by atoms with Crippen LogP contribution in [0.4, 0.5) is 5.69 Å². The maximum Gasteiger partial charge on any atom is 0.269 e. The summed E-state index contributed by atoms with van der Waals surface area (Å²) < 4.78 is 1.76. The molecule has 0 saturated heterocycles. The topological polar surface area (TPSA) is 73.0 Å². The fraction of sp³-hybridized carbons (Fsp3) is 0.357. The molecule has 0 radical (unpaired) electrons. The summed E-state index contributed by atoms with van der Waals surface area (Å²) in [6.07, 6.45) is 2.75. The number of hydrogen-bond acceptors (Lipinski definition) is 4. The predicted octanol–water partition coefficient (Wildman–Crippen LogP) is 2.57. The van der Waals surface area contributed by atoms with E-state index in [0.717, 1.165) is 17.7 Å². The van der Waals surface area contributed by atoms with Crippen LogP contribution in [0, 0.1) is 10.1 Å². The Kier molecular flexibility index (Phi) is 4.47. The van der Waals surface area contributed by atoms with Crippen molar-refractivity contribution in [3.8, 4) is 0 Å². The lowest BCUT2D eigenvalue weighted by Gasteiger charge is -2.16. The number of nitrogens with zero attached hydrogens (tertiary/aromatic N) is 3. The van der Waals surface area contributed by atoms with Crippen molar-refractivity contribution in [1.82, 2.24) is 15.1 Å². The van der Waals surface area contributed by atoms with Gasteiger partial charge in [0.05, 0.1) is 10.6 Å². The number of aromatic nitrogens is 2. The van der Waals surface area contributed by atoms with Gasteiger partial charge in [-0.3, -0.25) is 14.8 Å². The second-order valence-electron chi connectivity index (χ2n) is 4.67. The van der Waals surface area contributed by atoms with Crippen molar-refractivity contribution in [3.05, 3.63) is 57.9 Å². The van der Waals surface area contributed by atoms with E-state index in [9.17, 15) is 10.1 Å². The van der Waals surface area contributed by atoms with Crippen molar-refractivity contribution in [2.24, 2.45) is 7.05 Å². The van der Waals surface area contributed by atoms with Crippen LogP contribution in [0.3, 0.4) is 0 Å². The second kappa shape index (κ2) is 6.29. The van der Waals surface area contributed by atoms with E-state index in [1.54, 1.807) is 16.8 Å². The van der Waals surface area contributed by atoms with E-state index >= 15 is 0 Å². The van der Waals surface area contributed by atoms with Gasteiger partial charge in [-0.1, -0.05) is 19.1 Å². The SMILES string of the molecule is CCC(NCc1ccn(C)n1)c1cccc([N+](=O)[O-])c1. The summed E-state index contributed by atoms with van der Waals surface area (Å²) >= 11 is 0. The number of nitro groups is 1. The Balaban J connectivity index is 2.07. The van der Waals surface area contributed by atoms with Gasteiger partial charge in [-0.05, 0) is 18.1 Å². The Bertz CT molecular complexity index is 594. The fourth-order valence-corrected chi connectivity index (χ4v) is 2.14. The van der Waals surface area contributed by atoms with Crippen LogP contribution in [0.5, 0.6) is 0 Å². The van der Waals surface area contributed by atoms with E-state index in [-0.39, 0.29) is 16.7 Å². The Morgan fingerprint density at radius 2 is 2.25 bits per heavy atom. The molecule has 0 saturated carbocycles. The van der Waals surface area contributed by atoms with Gasteiger partial charge in [0.15, 0.2) is 0 Å². The molecule has 0 amide bonds. The molecule has 0 aliphatic heterocycles. The van der Waals surface area contributed by atoms with Gasteiger partial charge in [0.1, 0.15) is 0 Å². The number of rotatable bonds is 6. The standard InChI is InChI=1S/C14H18N4O2/c1-3-14(15-10-12-7-8-17(2)16-12)11-5-4-6-13(9-11)18(19)20/h4-9,14-15H,3,10H2,1-2H3. The zero-order valence-electron chi connectivity index (χ0n) is 11.6. The molecule has 1 N–H and O–H groups in total. The third kappa shape index (κ3) is 3.42. The van der Waals surface area contributed by atoms with Crippen molar-refractivity contribution in [2.75, 3.05) is 0 Å². The summed E-state index contributed by atoms with van der Waals surface area (Å²) in [4.78, 5) is 10.5. The molecular weight excluding hydrogens is 256 g/mol. The predicted molar refractivity (Wildman–Crippen MR) is 76.2 cm³/mol. The molecule has 2 aromatic rings. The van der Waals surface area contributed by atoms with Gasteiger partial charge >= 0.3 is 0 Å². The summed E-state index contributed by atoms with van der Waals surface area (Å²) in [5, 5.41) is 18.5. The van der Waals surface area contributed by atoms with Crippen LogP contribution in [0.2, 0.25) is 0 Å². The smallest absolute Gasteiger partial charge is 0.269 e. The highest BCUT2D eigenvalue weighted by Gasteiger charge is 2.13. The van der Waals surface area contributed by atoms with Gasteiger partial charge < -0.3 is 5.32 Å². The van der Waals surface area contributed by atoms with E-state index in [0.29, 0.717) is 6.54 Å². The molecule has 0 aliphatic carbocycles. The van der Waals surface area contributed by atoms with E-state index < -0.39 is 0 Å². The van der Waals surface area contributed by atoms with E-state index in [1.807, 2.05) is 25.4 Å². The highest BCUT2D eigenvalue weighted by atomic mass is 16.6. The fourth-order valence-electron chi connectivity index (χ4n) is 2.14. The zero-order chi connectivity index (χ0) is 14.5. The summed E-state index contributed by atoms with van der Waals surface area (Å²) in [6, 6.07) is 8.80. The molecule has 1 unspecified atom stereocenters. The summed E-state index contributed by atoms with van der Waals surface area (Å²) in [7, 11) is 1.88. The minimum absolute atomic E-state index is 0.0805. The molecule has 1 aromatic carbocycles. The van der Waals surface area contributed by atoms with Gasteiger partial charge in [0.25, 0.3) is 5.69 Å². The van der Waals surface area contributed by atoms with Crippen LogP contribution in [0.1, 0.15) is 30.6 Å². The monoisotopic (exact) mass is 274 g/mol. The van der Waals surface area contributed by atoms with Gasteiger partial charge in [-0.25, -0.2) is 0 Å². The molecule has 0 aliphatic rings. The Morgan fingerprint density at radius 3 is 2.85 bits per heavy atom. The average molecular weight is 274 g/mol. The summed E-state index contributed by atoms with van der Waals surface area (Å²) in [6.45, 7) is 2.69. The van der Waals surface area contributed by atoms with Crippen molar-refractivity contribution in [1.29, 1.82) is 0 Å². The quantitative estimate of drug-likeness (QED) is 0.649. The third-order valence-electron chi connectivity index (χ3n) is 3.19. The van der Waals surface area contributed by atoms with Gasteiger partial charge in [-0.15, -0.1) is 0 Å². The molecule has 20 heavy (non-hydrogen) atoms. The molecule has 6 nitrogen and oxygen atoms in total. The molecule has 0 fully saturated rings. The lowest BCUT2D eigenvalue weighted by Crippen LogP contribution is -2.20. The highest BCUT2D eigenvalue weighted by Crippen LogP contribution is 2.21. The number of benzene rings is 1. The van der Waals surface area contributed by atoms with E-state index in [4.69, 9.17) is 0 Å². The molecular formula is C14H18N4O2. The molecule has 2 rings (SSSR count). The maximum absolute atomic E-state index is 10.8. The van der Waals surface area contributed by atoms with Crippen LogP contribution in [-0.4, -0.2) is 14.7 Å². The molecule has 106 valence electrons. The van der Waals surface area contributed by atoms with Crippen LogP contribution in [-0.2, 0) is 13.6 Å². The lowest BCUT2D eigenvalue weighted by molar-refractivity contribution is -0.384. The minimum atomic E-state index is -0.366. The van der Waals surface area contributed by atoms with Crippen LogP contribution in [0.15, 0.2) is 36.5 Å². The molecule has 1 aromatic heterocycles. The first-order chi connectivity index (χ1) is 9.60. The van der Waals surface area contributed by atoms with Gasteiger partial charge in [0, 0.05) is 38.0 Å². The third-order valence-corrected chi connectivity index (χ3v) is 3.19. The lowest BCUT2D eigenvalue weighted by atomic mass is 10.0. The van der Waals surface area contributed by atoms with Crippen molar-refractivity contribution < 1.29 is 4.92 Å². The molecule has 1 heterocycles. The van der Waals surface area contributed by atoms with Crippen LogP contribution < -0.4 is 5.32 Å². The first kappa shape index (κ1) is 14.2. The summed E-state index contributed by atoms with van der Waals surface area (Å²) in [5.74, 6) is 0. The molecule has 0 spiro atoms.